The summed E-state index contributed by atoms with van der Waals surface area (Å²) >= 11 is 0. The van der Waals surface area contributed by atoms with Crippen LogP contribution in [0.15, 0.2) is 0 Å². The molecule has 0 saturated heterocycles. The summed E-state index contributed by atoms with van der Waals surface area (Å²) in [6, 6.07) is 0. The second kappa shape index (κ2) is 13.3. The average molecular weight is 182 g/mol. The number of nitrogens with two attached hydrogens (primary N) is 1. The van der Waals surface area contributed by atoms with E-state index < -0.39 is 5.97 Å². The maximum Gasteiger partial charge on any atom is 1.00 e. The molecule has 0 amide bonds. The summed E-state index contributed by atoms with van der Waals surface area (Å²) < 4.78 is 0. The summed E-state index contributed by atoms with van der Waals surface area (Å²) in [7, 11) is 2.78. The van der Waals surface area contributed by atoms with Gasteiger partial charge in [0.25, 0.3) is 0 Å². The van der Waals surface area contributed by atoms with Crippen molar-refractivity contribution in [2.24, 2.45) is 5.73 Å². The van der Waals surface area contributed by atoms with Gasteiger partial charge in [-0.2, -0.15) is 7.11 Å². The monoisotopic (exact) mass is 182 g/mol. The van der Waals surface area contributed by atoms with Gasteiger partial charge in [0, 0.05) is 0 Å². The van der Waals surface area contributed by atoms with Crippen molar-refractivity contribution in [3.8, 4) is 0 Å². The molecule has 0 radical (unpaired) electrons. The Hall–Kier alpha value is 2.66. The zero-order chi connectivity index (χ0) is 5.70. The molecule has 2 N–H and O–H groups in total. The summed E-state index contributed by atoms with van der Waals surface area (Å²) in [4.78, 5) is 17.4. The Morgan fingerprint density at radius 3 is 2.11 bits per heavy atom. The second-order valence-electron chi connectivity index (χ2n) is 0.777. The van der Waals surface area contributed by atoms with E-state index in [1.807, 2.05) is 0 Å². The molecule has 0 fully saturated rings. The van der Waals surface area contributed by atoms with Gasteiger partial charge in [-0.05, 0) is 0 Å². The van der Waals surface area contributed by atoms with Crippen molar-refractivity contribution in [2.75, 3.05) is 6.54 Å². The van der Waals surface area contributed by atoms with Crippen LogP contribution in [0, 0.1) is 7.11 Å². The fourth-order valence-corrected chi connectivity index (χ4v) is 0.0997. The first kappa shape index (κ1) is 17.7. The largest absolute Gasteiger partial charge is 1.00 e. The standard InChI is InChI=1S/C3H6NO3.2K/c1-6-7-3(5)2-4;;/h1-2,4H2;;/q-1;2*+1. The van der Waals surface area contributed by atoms with E-state index >= 15 is 0 Å². The first-order chi connectivity index (χ1) is 3.31. The van der Waals surface area contributed by atoms with Crippen molar-refractivity contribution >= 4 is 5.97 Å². The van der Waals surface area contributed by atoms with Crippen molar-refractivity contribution in [1.29, 1.82) is 0 Å². The second-order valence-corrected chi connectivity index (χ2v) is 0.777. The molecule has 4 nitrogen and oxygen atoms in total. The molecule has 0 unspecified atom stereocenters. The molecule has 0 bridgehead atoms. The van der Waals surface area contributed by atoms with E-state index in [1.165, 1.54) is 0 Å². The number of carbonyl (C=O) groups is 1. The Kier molecular flexibility index (Phi) is 26.0. The Bertz CT molecular complexity index is 70.1. The molecule has 42 valence electrons. The Labute approximate surface area is 139 Å². The minimum absolute atomic E-state index is 0. The molecular formula is C3H6K2NO3+. The van der Waals surface area contributed by atoms with Crippen LogP contribution in [0.5, 0.6) is 0 Å². The molecule has 0 spiro atoms. The Morgan fingerprint density at radius 2 is 2.00 bits per heavy atom. The SMILES string of the molecule is [CH2-]OOC(=O)CN.[K+].[K+]. The van der Waals surface area contributed by atoms with E-state index in [0.29, 0.717) is 0 Å². The Morgan fingerprint density at radius 1 is 1.56 bits per heavy atom. The topological polar surface area (TPSA) is 61.5 Å². The maximum absolute atomic E-state index is 9.90. The van der Waals surface area contributed by atoms with Crippen LogP contribution in [0.2, 0.25) is 0 Å². The minimum atomic E-state index is -0.630. The van der Waals surface area contributed by atoms with Gasteiger partial charge in [0.05, 0.1) is 6.54 Å². The quantitative estimate of drug-likeness (QED) is 0.200. The predicted octanol–water partition coefficient (Wildman–Crippen LogP) is -6.78. The van der Waals surface area contributed by atoms with Crippen LogP contribution in [0.3, 0.4) is 0 Å². The predicted molar refractivity (Wildman–Crippen MR) is 21.6 cm³/mol. The Balaban J connectivity index is -0.000000180. The van der Waals surface area contributed by atoms with E-state index in [-0.39, 0.29) is 109 Å². The number of hydrogen-bond donors (Lipinski definition) is 1. The van der Waals surface area contributed by atoms with E-state index in [1.54, 1.807) is 0 Å². The molecular weight excluding hydrogens is 176 g/mol. The summed E-state index contributed by atoms with van der Waals surface area (Å²) in [5.74, 6) is -0.630. The number of carbonyl (C=O) groups excluding carboxylic acids is 1. The first-order valence-corrected chi connectivity index (χ1v) is 1.63. The zero-order valence-electron chi connectivity index (χ0n) is 5.72. The minimum Gasteiger partial charge on any atom is -0.364 e. The molecule has 0 heterocycles. The molecule has 0 aliphatic heterocycles. The van der Waals surface area contributed by atoms with Crippen LogP contribution in [-0.4, -0.2) is 12.5 Å². The number of hydrogen-bond acceptors (Lipinski definition) is 4. The molecule has 0 rings (SSSR count). The normalized spacial score (nSPS) is 6.44. The van der Waals surface area contributed by atoms with Gasteiger partial charge >= 0.3 is 109 Å². The fraction of sp³-hybridized carbons (Fsp3) is 0.333. The summed E-state index contributed by atoms with van der Waals surface area (Å²) in [5, 5.41) is 0. The molecule has 0 aliphatic carbocycles. The number of rotatable bonds is 2. The van der Waals surface area contributed by atoms with Crippen LogP contribution >= 0.6 is 0 Å². The van der Waals surface area contributed by atoms with Gasteiger partial charge in [-0.25, -0.2) is 4.79 Å². The third-order valence-electron chi connectivity index (χ3n) is 0.319. The van der Waals surface area contributed by atoms with Gasteiger partial charge in [-0.1, -0.05) is 0 Å². The third-order valence-corrected chi connectivity index (χ3v) is 0.319. The molecule has 0 aromatic carbocycles. The van der Waals surface area contributed by atoms with Gasteiger partial charge in [0.1, 0.15) is 0 Å². The molecule has 6 heteroatoms. The van der Waals surface area contributed by atoms with Gasteiger partial charge < -0.3 is 15.5 Å². The van der Waals surface area contributed by atoms with Crippen LogP contribution in [0.4, 0.5) is 0 Å². The average Bonchev–Trinajstić information content (AvgIpc) is 1.68. The van der Waals surface area contributed by atoms with E-state index in [2.05, 4.69) is 16.9 Å². The van der Waals surface area contributed by atoms with Crippen LogP contribution in [-0.2, 0) is 14.6 Å². The van der Waals surface area contributed by atoms with Crippen molar-refractivity contribution in [1.82, 2.24) is 0 Å². The van der Waals surface area contributed by atoms with E-state index in [4.69, 9.17) is 5.73 Å². The first-order valence-electron chi connectivity index (χ1n) is 1.63. The van der Waals surface area contributed by atoms with Crippen molar-refractivity contribution in [3.05, 3.63) is 7.11 Å². The van der Waals surface area contributed by atoms with Crippen LogP contribution in [0.25, 0.3) is 0 Å². The molecule has 0 aliphatic rings. The van der Waals surface area contributed by atoms with E-state index in [0.717, 1.165) is 0 Å². The van der Waals surface area contributed by atoms with Crippen LogP contribution < -0.4 is 109 Å². The van der Waals surface area contributed by atoms with Gasteiger partial charge in [-0.15, -0.1) is 0 Å². The van der Waals surface area contributed by atoms with E-state index in [9.17, 15) is 4.79 Å². The van der Waals surface area contributed by atoms with Crippen molar-refractivity contribution in [2.45, 2.75) is 0 Å². The van der Waals surface area contributed by atoms with Crippen molar-refractivity contribution < 1.29 is 117 Å². The molecule has 0 atom stereocenters. The molecule has 0 saturated carbocycles. The van der Waals surface area contributed by atoms with Gasteiger partial charge in [-0.3, -0.25) is 0 Å². The van der Waals surface area contributed by atoms with Gasteiger partial charge in [0.2, 0.25) is 0 Å². The molecule has 0 aromatic rings. The summed E-state index contributed by atoms with van der Waals surface area (Å²) in [5.41, 5.74) is 4.78. The smallest absolute Gasteiger partial charge is 0.364 e. The summed E-state index contributed by atoms with van der Waals surface area (Å²) in [6.45, 7) is -0.185. The van der Waals surface area contributed by atoms with Gasteiger partial charge in [0.15, 0.2) is 0 Å². The summed E-state index contributed by atoms with van der Waals surface area (Å²) in [6.07, 6.45) is 0. The van der Waals surface area contributed by atoms with Crippen molar-refractivity contribution in [3.63, 3.8) is 0 Å². The third kappa shape index (κ3) is 13.6. The van der Waals surface area contributed by atoms with Crippen LogP contribution in [0.1, 0.15) is 0 Å². The molecule has 9 heavy (non-hydrogen) atoms. The fourth-order valence-electron chi connectivity index (χ4n) is 0.0997. The maximum atomic E-state index is 9.90. The molecule has 0 aromatic heterocycles. The zero-order valence-corrected chi connectivity index (χ0v) is 12.0.